The lowest BCUT2D eigenvalue weighted by molar-refractivity contribution is 0.863. The third-order valence-electron chi connectivity index (χ3n) is 4.93. The molecule has 0 radical (unpaired) electrons. The van der Waals surface area contributed by atoms with Crippen LogP contribution in [0.3, 0.4) is 0 Å². The third-order valence-corrected chi connectivity index (χ3v) is 4.93. The summed E-state index contributed by atoms with van der Waals surface area (Å²) in [6.45, 7) is 1.86. The van der Waals surface area contributed by atoms with E-state index in [-0.39, 0.29) is 0 Å². The van der Waals surface area contributed by atoms with Crippen molar-refractivity contribution in [1.29, 1.82) is 5.26 Å². The summed E-state index contributed by atoms with van der Waals surface area (Å²) in [6, 6.07) is 23.5. The van der Waals surface area contributed by atoms with Crippen molar-refractivity contribution < 1.29 is 0 Å². The minimum atomic E-state index is 0.512. The van der Waals surface area contributed by atoms with E-state index < -0.39 is 0 Å². The van der Waals surface area contributed by atoms with Gasteiger partial charge < -0.3 is 5.32 Å². The number of hydrogen-bond acceptors (Lipinski definition) is 6. The Balaban J connectivity index is 1.46. The number of para-hydroxylation sites is 1. The van der Waals surface area contributed by atoms with E-state index in [4.69, 9.17) is 10.2 Å². The van der Waals surface area contributed by atoms with Gasteiger partial charge in [-0.05, 0) is 48.9 Å². The van der Waals surface area contributed by atoms with Crippen molar-refractivity contribution in [2.75, 3.05) is 5.32 Å². The summed E-state index contributed by atoms with van der Waals surface area (Å²) in [6.07, 6.45) is 3.50. The number of anilines is 2. The number of fused-ring (bicyclic) bond motifs is 1. The number of benzene rings is 3. The van der Waals surface area contributed by atoms with E-state index >= 15 is 0 Å². The molecule has 0 atom stereocenters. The summed E-state index contributed by atoms with van der Waals surface area (Å²) in [5.41, 5.74) is 5.26. The van der Waals surface area contributed by atoms with Gasteiger partial charge in [0.05, 0.1) is 22.8 Å². The van der Waals surface area contributed by atoms with E-state index in [2.05, 4.69) is 26.5 Å². The molecule has 0 bridgehead atoms. The van der Waals surface area contributed by atoms with Gasteiger partial charge in [0.2, 0.25) is 5.95 Å². The Morgan fingerprint density at radius 2 is 1.74 bits per heavy atom. The fourth-order valence-corrected chi connectivity index (χ4v) is 3.37. The standard InChI is InChI=1S/C24H17N7/c1-16-27-15-31(30-16)21-11-9-20(10-12-21)28-24-26-14-19-3-2-4-22(23(19)29-24)18-7-5-17(13-25)6-8-18/h2-12,14-15H,1H3,(H,26,28,29). The third kappa shape index (κ3) is 3.70. The molecule has 5 aromatic rings. The van der Waals surface area contributed by atoms with Crippen molar-refractivity contribution >= 4 is 22.5 Å². The first-order valence-corrected chi connectivity index (χ1v) is 9.72. The molecule has 0 aliphatic heterocycles. The summed E-state index contributed by atoms with van der Waals surface area (Å²) in [5, 5.41) is 17.6. The molecule has 0 saturated heterocycles. The molecular weight excluding hydrogens is 386 g/mol. The lowest BCUT2D eigenvalue weighted by Crippen LogP contribution is -1.99. The fraction of sp³-hybridized carbons (Fsp3) is 0.0417. The van der Waals surface area contributed by atoms with E-state index in [0.717, 1.165) is 39.2 Å². The number of aromatic nitrogens is 5. The Labute approximate surface area is 178 Å². The van der Waals surface area contributed by atoms with E-state index in [0.29, 0.717) is 11.5 Å². The van der Waals surface area contributed by atoms with Crippen molar-refractivity contribution in [3.8, 4) is 22.9 Å². The monoisotopic (exact) mass is 403 g/mol. The zero-order valence-electron chi connectivity index (χ0n) is 16.7. The van der Waals surface area contributed by atoms with Gasteiger partial charge in [-0.1, -0.05) is 30.3 Å². The Morgan fingerprint density at radius 3 is 2.45 bits per heavy atom. The summed E-state index contributed by atoms with van der Waals surface area (Å²) in [4.78, 5) is 13.4. The Morgan fingerprint density at radius 1 is 0.935 bits per heavy atom. The minimum Gasteiger partial charge on any atom is -0.324 e. The second-order valence-electron chi connectivity index (χ2n) is 7.03. The molecule has 5 rings (SSSR count). The van der Waals surface area contributed by atoms with Gasteiger partial charge in [0.25, 0.3) is 0 Å². The highest BCUT2D eigenvalue weighted by atomic mass is 15.3. The fourth-order valence-electron chi connectivity index (χ4n) is 3.37. The molecule has 3 aromatic carbocycles. The first kappa shape index (κ1) is 18.5. The molecule has 2 aromatic heterocycles. The van der Waals surface area contributed by atoms with Crippen molar-refractivity contribution in [2.45, 2.75) is 6.92 Å². The highest BCUT2D eigenvalue weighted by Crippen LogP contribution is 2.28. The summed E-state index contributed by atoms with van der Waals surface area (Å²) >= 11 is 0. The number of nitriles is 1. The van der Waals surface area contributed by atoms with E-state index in [1.165, 1.54) is 0 Å². The quantitative estimate of drug-likeness (QED) is 0.463. The maximum Gasteiger partial charge on any atom is 0.227 e. The molecule has 7 nitrogen and oxygen atoms in total. The first-order chi connectivity index (χ1) is 15.2. The molecule has 7 heteroatoms. The molecular formula is C24H17N7. The van der Waals surface area contributed by atoms with Crippen LogP contribution in [0.15, 0.2) is 79.3 Å². The summed E-state index contributed by atoms with van der Waals surface area (Å²) in [5.74, 6) is 1.24. The van der Waals surface area contributed by atoms with Gasteiger partial charge in [-0.3, -0.25) is 0 Å². The van der Waals surface area contributed by atoms with Crippen LogP contribution in [0.5, 0.6) is 0 Å². The topological polar surface area (TPSA) is 92.3 Å². The van der Waals surface area contributed by atoms with Crippen molar-refractivity contribution in [3.05, 3.63) is 90.6 Å². The number of nitrogens with zero attached hydrogens (tertiary/aromatic N) is 6. The number of aryl methyl sites for hydroxylation is 1. The first-order valence-electron chi connectivity index (χ1n) is 9.72. The van der Waals surface area contributed by atoms with Crippen LogP contribution in [0.25, 0.3) is 27.7 Å². The van der Waals surface area contributed by atoms with Crippen molar-refractivity contribution in [1.82, 2.24) is 24.7 Å². The van der Waals surface area contributed by atoms with Crippen molar-refractivity contribution in [3.63, 3.8) is 0 Å². The van der Waals surface area contributed by atoms with Crippen LogP contribution >= 0.6 is 0 Å². The van der Waals surface area contributed by atoms with Crippen molar-refractivity contribution in [2.24, 2.45) is 0 Å². The largest absolute Gasteiger partial charge is 0.324 e. The van der Waals surface area contributed by atoms with Crippen LogP contribution in [0, 0.1) is 18.3 Å². The number of nitrogens with one attached hydrogen (secondary N) is 1. The predicted octanol–water partition coefficient (Wildman–Crippen LogP) is 4.80. The second kappa shape index (κ2) is 7.69. The molecule has 0 unspecified atom stereocenters. The van der Waals surface area contributed by atoms with Crippen LogP contribution in [0.4, 0.5) is 11.6 Å². The molecule has 0 spiro atoms. The Bertz CT molecular complexity index is 1410. The van der Waals surface area contributed by atoms with Gasteiger partial charge in [0.1, 0.15) is 12.2 Å². The Kier molecular flexibility index (Phi) is 4.58. The molecule has 0 amide bonds. The zero-order valence-corrected chi connectivity index (χ0v) is 16.7. The average Bonchev–Trinajstić information content (AvgIpc) is 3.25. The van der Waals surface area contributed by atoms with E-state index in [9.17, 15) is 0 Å². The van der Waals surface area contributed by atoms with E-state index in [1.54, 1.807) is 11.0 Å². The molecule has 2 heterocycles. The molecule has 1 N–H and O–H groups in total. The summed E-state index contributed by atoms with van der Waals surface area (Å²) in [7, 11) is 0. The summed E-state index contributed by atoms with van der Waals surface area (Å²) < 4.78 is 1.73. The highest BCUT2D eigenvalue weighted by molar-refractivity contribution is 5.93. The van der Waals surface area contributed by atoms with Crippen LogP contribution in [0.1, 0.15) is 11.4 Å². The minimum absolute atomic E-state index is 0.512. The van der Waals surface area contributed by atoms with Gasteiger partial charge in [-0.15, -0.1) is 0 Å². The smallest absolute Gasteiger partial charge is 0.227 e. The lowest BCUT2D eigenvalue weighted by atomic mass is 10.0. The molecule has 31 heavy (non-hydrogen) atoms. The highest BCUT2D eigenvalue weighted by Gasteiger charge is 2.08. The van der Waals surface area contributed by atoms with Gasteiger partial charge in [-0.2, -0.15) is 10.4 Å². The van der Waals surface area contributed by atoms with Gasteiger partial charge in [-0.25, -0.2) is 19.6 Å². The molecule has 148 valence electrons. The van der Waals surface area contributed by atoms with Crippen LogP contribution in [0.2, 0.25) is 0 Å². The molecule has 0 aliphatic carbocycles. The predicted molar refractivity (Wildman–Crippen MR) is 119 cm³/mol. The van der Waals surface area contributed by atoms with Gasteiger partial charge in [0, 0.05) is 22.8 Å². The number of rotatable bonds is 4. The van der Waals surface area contributed by atoms with E-state index in [1.807, 2.05) is 79.9 Å². The van der Waals surface area contributed by atoms with Gasteiger partial charge in [0.15, 0.2) is 0 Å². The average molecular weight is 403 g/mol. The Hall–Kier alpha value is -4.57. The number of hydrogen-bond donors (Lipinski definition) is 1. The van der Waals surface area contributed by atoms with Crippen LogP contribution < -0.4 is 5.32 Å². The SMILES string of the molecule is Cc1ncn(-c2ccc(Nc3ncc4cccc(-c5ccc(C#N)cc5)c4n3)cc2)n1. The molecule has 0 saturated carbocycles. The second-order valence-corrected chi connectivity index (χ2v) is 7.03. The zero-order chi connectivity index (χ0) is 21.2. The van der Waals surface area contributed by atoms with Gasteiger partial charge >= 0.3 is 0 Å². The maximum absolute atomic E-state index is 9.04. The molecule has 0 aliphatic rings. The molecule has 0 fully saturated rings. The maximum atomic E-state index is 9.04. The lowest BCUT2D eigenvalue weighted by Gasteiger charge is -2.10. The van der Waals surface area contributed by atoms with Crippen LogP contribution in [-0.4, -0.2) is 24.7 Å². The normalized spacial score (nSPS) is 10.7. The van der Waals surface area contributed by atoms with Crippen LogP contribution in [-0.2, 0) is 0 Å².